The zero-order valence-corrected chi connectivity index (χ0v) is 16.5. The van der Waals surface area contributed by atoms with Gasteiger partial charge in [0, 0.05) is 35.9 Å². The van der Waals surface area contributed by atoms with Gasteiger partial charge in [-0.25, -0.2) is 4.98 Å². The molecule has 0 N–H and O–H groups in total. The van der Waals surface area contributed by atoms with Crippen LogP contribution in [0.4, 0.5) is 0 Å². The molecule has 1 aliphatic rings. The van der Waals surface area contributed by atoms with E-state index in [0.29, 0.717) is 39.6 Å². The van der Waals surface area contributed by atoms with E-state index in [1.54, 1.807) is 48.9 Å². The summed E-state index contributed by atoms with van der Waals surface area (Å²) in [5.41, 5.74) is 1.55. The van der Waals surface area contributed by atoms with Gasteiger partial charge in [0.15, 0.2) is 11.5 Å². The second-order valence-corrected chi connectivity index (χ2v) is 6.84. The maximum Gasteiger partial charge on any atom is 0.325 e. The van der Waals surface area contributed by atoms with Crippen LogP contribution >= 0.6 is 11.6 Å². The zero-order chi connectivity index (χ0) is 20.5. The number of aryl methyl sites for hydroxylation is 1. The first-order valence-electron chi connectivity index (χ1n) is 9.03. The van der Waals surface area contributed by atoms with Crippen molar-refractivity contribution in [1.29, 1.82) is 0 Å². The Labute approximate surface area is 176 Å². The lowest BCUT2D eigenvalue weighted by atomic mass is 10.3. The standard InChI is InChI=1S/C21H15ClN4O4/c1-13-8-20(29-15-3-5-18-19(10-15)28-12-27-18)25-21(24-13)30-17-4-2-14(9-16(17)22)26-7-6-23-11-26/h2-11H,12H2,1H3. The van der Waals surface area contributed by atoms with Crippen LogP contribution in [0.25, 0.3) is 5.69 Å². The summed E-state index contributed by atoms with van der Waals surface area (Å²) in [4.78, 5) is 12.7. The van der Waals surface area contributed by atoms with Crippen molar-refractivity contribution in [3.05, 3.63) is 71.9 Å². The zero-order valence-electron chi connectivity index (χ0n) is 15.8. The molecule has 0 atom stereocenters. The van der Waals surface area contributed by atoms with E-state index in [1.165, 1.54) is 0 Å². The first kappa shape index (κ1) is 18.3. The van der Waals surface area contributed by atoms with E-state index in [0.717, 1.165) is 5.69 Å². The summed E-state index contributed by atoms with van der Waals surface area (Å²) in [5.74, 6) is 2.63. The van der Waals surface area contributed by atoms with Crippen molar-refractivity contribution in [2.75, 3.05) is 6.79 Å². The summed E-state index contributed by atoms with van der Waals surface area (Å²) in [6.45, 7) is 2.02. The molecule has 9 heteroatoms. The highest BCUT2D eigenvalue weighted by molar-refractivity contribution is 6.32. The normalized spacial score (nSPS) is 12.1. The fourth-order valence-electron chi connectivity index (χ4n) is 2.92. The number of halogens is 1. The summed E-state index contributed by atoms with van der Waals surface area (Å²) in [6.07, 6.45) is 5.21. The maximum absolute atomic E-state index is 6.39. The third-order valence-corrected chi connectivity index (χ3v) is 4.59. The summed E-state index contributed by atoms with van der Waals surface area (Å²) < 4.78 is 24.2. The van der Waals surface area contributed by atoms with Gasteiger partial charge in [0.1, 0.15) is 11.5 Å². The number of aromatic nitrogens is 4. The quantitative estimate of drug-likeness (QED) is 0.450. The predicted molar refractivity (Wildman–Crippen MR) is 108 cm³/mol. The minimum Gasteiger partial charge on any atom is -0.454 e. The predicted octanol–water partition coefficient (Wildman–Crippen LogP) is 4.94. The number of hydrogen-bond donors (Lipinski definition) is 0. The van der Waals surface area contributed by atoms with Crippen molar-refractivity contribution in [2.45, 2.75) is 6.92 Å². The summed E-state index contributed by atoms with van der Waals surface area (Å²) in [5, 5.41) is 0.421. The van der Waals surface area contributed by atoms with E-state index in [4.69, 9.17) is 30.5 Å². The lowest BCUT2D eigenvalue weighted by Gasteiger charge is -2.11. The molecule has 0 aliphatic carbocycles. The topological polar surface area (TPSA) is 80.5 Å². The Kier molecular flexibility index (Phi) is 4.61. The van der Waals surface area contributed by atoms with Gasteiger partial charge < -0.3 is 23.5 Å². The average molecular weight is 423 g/mol. The molecule has 0 unspecified atom stereocenters. The molecular weight excluding hydrogens is 408 g/mol. The number of ether oxygens (including phenoxy) is 4. The Morgan fingerprint density at radius 1 is 1.00 bits per heavy atom. The van der Waals surface area contributed by atoms with E-state index < -0.39 is 0 Å². The lowest BCUT2D eigenvalue weighted by molar-refractivity contribution is 0.174. The molecule has 150 valence electrons. The smallest absolute Gasteiger partial charge is 0.325 e. The van der Waals surface area contributed by atoms with Gasteiger partial charge in [-0.1, -0.05) is 11.6 Å². The molecular formula is C21H15ClN4O4. The Bertz CT molecular complexity index is 1210. The van der Waals surface area contributed by atoms with Gasteiger partial charge in [-0.15, -0.1) is 0 Å². The SMILES string of the molecule is Cc1cc(Oc2ccc3c(c2)OCO3)nc(Oc2ccc(-n3ccnc3)cc2Cl)n1. The van der Waals surface area contributed by atoms with Gasteiger partial charge >= 0.3 is 6.01 Å². The monoisotopic (exact) mass is 422 g/mol. The van der Waals surface area contributed by atoms with Crippen molar-refractivity contribution in [3.8, 4) is 40.6 Å². The molecule has 8 nitrogen and oxygen atoms in total. The van der Waals surface area contributed by atoms with Crippen LogP contribution in [0, 0.1) is 6.92 Å². The molecule has 0 fully saturated rings. The van der Waals surface area contributed by atoms with Gasteiger partial charge in [0.25, 0.3) is 0 Å². The molecule has 2 aromatic carbocycles. The number of hydrogen-bond acceptors (Lipinski definition) is 7. The van der Waals surface area contributed by atoms with Crippen molar-refractivity contribution in [1.82, 2.24) is 19.5 Å². The van der Waals surface area contributed by atoms with Crippen LogP contribution < -0.4 is 18.9 Å². The third-order valence-electron chi connectivity index (χ3n) is 4.30. The number of imidazole rings is 1. The van der Waals surface area contributed by atoms with Gasteiger partial charge in [-0.3, -0.25) is 0 Å². The van der Waals surface area contributed by atoms with Crippen LogP contribution in [-0.4, -0.2) is 26.3 Å². The van der Waals surface area contributed by atoms with Gasteiger partial charge in [0.2, 0.25) is 12.7 Å². The first-order chi connectivity index (χ1) is 14.6. The van der Waals surface area contributed by atoms with E-state index in [1.807, 2.05) is 23.8 Å². The third kappa shape index (κ3) is 3.72. The number of benzene rings is 2. The second kappa shape index (κ2) is 7.57. The lowest BCUT2D eigenvalue weighted by Crippen LogP contribution is -1.98. The van der Waals surface area contributed by atoms with E-state index in [9.17, 15) is 0 Å². The molecule has 0 amide bonds. The molecule has 3 heterocycles. The Hall–Kier alpha value is -3.78. The van der Waals surface area contributed by atoms with Crippen LogP contribution in [0.3, 0.4) is 0 Å². The number of fused-ring (bicyclic) bond motifs is 1. The fourth-order valence-corrected chi connectivity index (χ4v) is 3.13. The van der Waals surface area contributed by atoms with Crippen LogP contribution in [0.2, 0.25) is 5.02 Å². The molecule has 0 bridgehead atoms. The molecule has 30 heavy (non-hydrogen) atoms. The van der Waals surface area contributed by atoms with Crippen molar-refractivity contribution >= 4 is 11.6 Å². The molecule has 4 aromatic rings. The van der Waals surface area contributed by atoms with Crippen LogP contribution in [0.15, 0.2) is 61.2 Å². The van der Waals surface area contributed by atoms with Gasteiger partial charge in [-0.2, -0.15) is 9.97 Å². The number of rotatable bonds is 5. The summed E-state index contributed by atoms with van der Waals surface area (Å²) >= 11 is 6.39. The molecule has 5 rings (SSSR count). The Morgan fingerprint density at radius 2 is 1.90 bits per heavy atom. The number of nitrogens with zero attached hydrogens (tertiary/aromatic N) is 4. The first-order valence-corrected chi connectivity index (χ1v) is 9.41. The minimum atomic E-state index is 0.128. The van der Waals surface area contributed by atoms with Crippen molar-refractivity contribution in [3.63, 3.8) is 0 Å². The molecule has 0 spiro atoms. The van der Waals surface area contributed by atoms with Crippen molar-refractivity contribution in [2.24, 2.45) is 0 Å². The van der Waals surface area contributed by atoms with Crippen LogP contribution in [-0.2, 0) is 0 Å². The highest BCUT2D eigenvalue weighted by atomic mass is 35.5. The second-order valence-electron chi connectivity index (χ2n) is 6.43. The van der Waals surface area contributed by atoms with Gasteiger partial charge in [-0.05, 0) is 37.3 Å². The Morgan fingerprint density at radius 3 is 2.73 bits per heavy atom. The van der Waals surface area contributed by atoms with Gasteiger partial charge in [0.05, 0.1) is 11.3 Å². The Balaban J connectivity index is 1.37. The molecule has 1 aliphatic heterocycles. The maximum atomic E-state index is 6.39. The fraction of sp³-hybridized carbons (Fsp3) is 0.0952. The summed E-state index contributed by atoms with van der Waals surface area (Å²) in [6, 6.07) is 12.5. The average Bonchev–Trinajstić information content (AvgIpc) is 3.40. The largest absolute Gasteiger partial charge is 0.454 e. The highest BCUT2D eigenvalue weighted by Crippen LogP contribution is 2.37. The molecule has 0 saturated heterocycles. The molecule has 0 radical (unpaired) electrons. The van der Waals surface area contributed by atoms with E-state index in [-0.39, 0.29) is 12.8 Å². The molecule has 2 aromatic heterocycles. The minimum absolute atomic E-state index is 0.128. The van der Waals surface area contributed by atoms with Crippen LogP contribution in [0.1, 0.15) is 5.69 Å². The molecule has 0 saturated carbocycles. The van der Waals surface area contributed by atoms with Crippen LogP contribution in [0.5, 0.6) is 34.9 Å². The van der Waals surface area contributed by atoms with E-state index in [2.05, 4.69) is 15.0 Å². The highest BCUT2D eigenvalue weighted by Gasteiger charge is 2.15. The summed E-state index contributed by atoms with van der Waals surface area (Å²) in [7, 11) is 0. The van der Waals surface area contributed by atoms with Crippen molar-refractivity contribution < 1.29 is 18.9 Å². The van der Waals surface area contributed by atoms with E-state index >= 15 is 0 Å².